The summed E-state index contributed by atoms with van der Waals surface area (Å²) in [5.41, 5.74) is 4.50. The molecular weight excluding hydrogens is 326 g/mol. The lowest BCUT2D eigenvalue weighted by atomic mass is 10.1. The van der Waals surface area contributed by atoms with Gasteiger partial charge in [-0.15, -0.1) is 0 Å². The maximum Gasteiger partial charge on any atom is 0.277 e. The fourth-order valence-electron chi connectivity index (χ4n) is 2.53. The molecule has 0 aliphatic rings. The van der Waals surface area contributed by atoms with Gasteiger partial charge in [0.1, 0.15) is 5.75 Å². The second-order valence-electron chi connectivity index (χ2n) is 6.05. The van der Waals surface area contributed by atoms with E-state index in [0.717, 1.165) is 22.0 Å². The van der Waals surface area contributed by atoms with E-state index in [4.69, 9.17) is 4.74 Å². The lowest BCUT2D eigenvalue weighted by Crippen LogP contribution is -2.24. The molecule has 5 heteroatoms. The van der Waals surface area contributed by atoms with Crippen LogP contribution in [0.15, 0.2) is 71.8 Å². The fourth-order valence-corrected chi connectivity index (χ4v) is 2.53. The van der Waals surface area contributed by atoms with Gasteiger partial charge in [0.15, 0.2) is 6.61 Å². The Labute approximate surface area is 152 Å². The van der Waals surface area contributed by atoms with Gasteiger partial charge in [0.25, 0.3) is 5.91 Å². The Bertz CT molecular complexity index is 913. The molecule has 3 rings (SSSR count). The van der Waals surface area contributed by atoms with Crippen molar-refractivity contribution in [3.63, 3.8) is 0 Å². The Hall–Kier alpha value is -3.34. The summed E-state index contributed by atoms with van der Waals surface area (Å²) in [6.07, 6.45) is 1.61. The van der Waals surface area contributed by atoms with E-state index in [0.29, 0.717) is 5.75 Å². The van der Waals surface area contributed by atoms with Crippen molar-refractivity contribution >= 4 is 28.6 Å². The summed E-state index contributed by atoms with van der Waals surface area (Å²) in [5.74, 6) is 0.376. The molecule has 0 radical (unpaired) electrons. The summed E-state index contributed by atoms with van der Waals surface area (Å²) in [6, 6.07) is 21.5. The number of anilines is 1. The number of nitrogens with one attached hydrogen (secondary N) is 1. The SMILES string of the molecule is CN(C)c1ccc(/C=N\NC(=O)COc2cccc3ccccc23)cc1. The van der Waals surface area contributed by atoms with E-state index in [1.165, 1.54) is 0 Å². The molecule has 132 valence electrons. The summed E-state index contributed by atoms with van der Waals surface area (Å²) in [4.78, 5) is 14.0. The van der Waals surface area contributed by atoms with E-state index in [1.807, 2.05) is 85.7 Å². The van der Waals surface area contributed by atoms with Crippen molar-refractivity contribution in [1.29, 1.82) is 0 Å². The highest BCUT2D eigenvalue weighted by Crippen LogP contribution is 2.24. The number of hydrazone groups is 1. The van der Waals surface area contributed by atoms with Crippen LogP contribution in [0.3, 0.4) is 0 Å². The zero-order valence-corrected chi connectivity index (χ0v) is 14.8. The van der Waals surface area contributed by atoms with Crippen molar-refractivity contribution in [2.75, 3.05) is 25.6 Å². The van der Waals surface area contributed by atoms with E-state index in [2.05, 4.69) is 10.5 Å². The summed E-state index contributed by atoms with van der Waals surface area (Å²) < 4.78 is 5.63. The summed E-state index contributed by atoms with van der Waals surface area (Å²) >= 11 is 0. The lowest BCUT2D eigenvalue weighted by Gasteiger charge is -2.11. The van der Waals surface area contributed by atoms with Crippen LogP contribution in [0.1, 0.15) is 5.56 Å². The molecule has 3 aromatic rings. The largest absolute Gasteiger partial charge is 0.483 e. The first-order valence-electron chi connectivity index (χ1n) is 8.33. The fraction of sp³-hybridized carbons (Fsp3) is 0.143. The van der Waals surface area contributed by atoms with Crippen LogP contribution in [0, 0.1) is 0 Å². The van der Waals surface area contributed by atoms with Crippen molar-refractivity contribution in [3.8, 4) is 5.75 Å². The average Bonchev–Trinajstić information content (AvgIpc) is 2.66. The van der Waals surface area contributed by atoms with Crippen molar-refractivity contribution in [2.24, 2.45) is 5.10 Å². The van der Waals surface area contributed by atoms with Crippen molar-refractivity contribution in [3.05, 3.63) is 72.3 Å². The Balaban J connectivity index is 1.54. The predicted octanol–water partition coefficient (Wildman–Crippen LogP) is 3.43. The highest BCUT2D eigenvalue weighted by Gasteiger charge is 2.04. The van der Waals surface area contributed by atoms with Crippen LogP contribution in [0.2, 0.25) is 0 Å². The standard InChI is InChI=1S/C21H21N3O2/c1-24(2)18-12-10-16(11-13-18)14-22-23-21(25)15-26-20-9-5-7-17-6-3-4-8-19(17)20/h3-14H,15H2,1-2H3,(H,23,25)/b22-14-. The molecule has 0 aliphatic carbocycles. The van der Waals surface area contributed by atoms with Gasteiger partial charge in [-0.1, -0.05) is 48.5 Å². The maximum absolute atomic E-state index is 11.9. The van der Waals surface area contributed by atoms with E-state index in [9.17, 15) is 4.79 Å². The van der Waals surface area contributed by atoms with E-state index in [1.54, 1.807) is 6.21 Å². The van der Waals surface area contributed by atoms with Crippen LogP contribution in [0.5, 0.6) is 5.75 Å². The molecule has 5 nitrogen and oxygen atoms in total. The minimum atomic E-state index is -0.306. The quantitative estimate of drug-likeness (QED) is 0.549. The summed E-state index contributed by atoms with van der Waals surface area (Å²) in [6.45, 7) is -0.0923. The highest BCUT2D eigenvalue weighted by atomic mass is 16.5. The first-order chi connectivity index (χ1) is 12.6. The zero-order valence-electron chi connectivity index (χ0n) is 14.8. The average molecular weight is 347 g/mol. The number of hydrogen-bond acceptors (Lipinski definition) is 4. The molecule has 0 saturated heterocycles. The molecule has 1 amide bonds. The third-order valence-corrected chi connectivity index (χ3v) is 3.92. The molecular formula is C21H21N3O2. The Morgan fingerprint density at radius 2 is 1.77 bits per heavy atom. The minimum absolute atomic E-state index is 0.0923. The number of benzene rings is 3. The third-order valence-electron chi connectivity index (χ3n) is 3.92. The van der Waals surface area contributed by atoms with Crippen molar-refractivity contribution in [1.82, 2.24) is 5.43 Å². The minimum Gasteiger partial charge on any atom is -0.483 e. The van der Waals surface area contributed by atoms with E-state index >= 15 is 0 Å². The Morgan fingerprint density at radius 3 is 2.54 bits per heavy atom. The van der Waals surface area contributed by atoms with Gasteiger partial charge in [0, 0.05) is 25.2 Å². The zero-order chi connectivity index (χ0) is 18.4. The molecule has 0 saturated carbocycles. The van der Waals surface area contributed by atoms with Gasteiger partial charge in [-0.3, -0.25) is 4.79 Å². The van der Waals surface area contributed by atoms with Crippen LogP contribution in [0.4, 0.5) is 5.69 Å². The third kappa shape index (κ3) is 4.39. The van der Waals surface area contributed by atoms with Crippen LogP contribution in [0.25, 0.3) is 10.8 Å². The van der Waals surface area contributed by atoms with Crippen LogP contribution in [-0.2, 0) is 4.79 Å². The number of fused-ring (bicyclic) bond motifs is 1. The second kappa shape index (κ2) is 8.16. The number of nitrogens with zero attached hydrogens (tertiary/aromatic N) is 2. The van der Waals surface area contributed by atoms with Gasteiger partial charge in [0.2, 0.25) is 0 Å². The van der Waals surface area contributed by atoms with E-state index < -0.39 is 0 Å². The van der Waals surface area contributed by atoms with Crippen LogP contribution in [-0.4, -0.2) is 32.8 Å². The summed E-state index contributed by atoms with van der Waals surface area (Å²) in [5, 5.41) is 6.03. The molecule has 0 unspecified atom stereocenters. The van der Waals surface area contributed by atoms with Gasteiger partial charge in [0.05, 0.1) is 6.21 Å². The molecule has 0 spiro atoms. The molecule has 0 atom stereocenters. The van der Waals surface area contributed by atoms with Gasteiger partial charge >= 0.3 is 0 Å². The highest BCUT2D eigenvalue weighted by molar-refractivity contribution is 5.89. The van der Waals surface area contributed by atoms with Gasteiger partial charge in [-0.25, -0.2) is 5.43 Å². The molecule has 26 heavy (non-hydrogen) atoms. The van der Waals surface area contributed by atoms with Crippen molar-refractivity contribution < 1.29 is 9.53 Å². The number of ether oxygens (including phenoxy) is 1. The molecule has 0 aliphatic heterocycles. The normalized spacial score (nSPS) is 10.8. The topological polar surface area (TPSA) is 53.9 Å². The molecule has 0 aromatic heterocycles. The first-order valence-corrected chi connectivity index (χ1v) is 8.33. The Kier molecular flexibility index (Phi) is 5.49. The smallest absolute Gasteiger partial charge is 0.277 e. The number of amides is 1. The second-order valence-corrected chi connectivity index (χ2v) is 6.05. The Morgan fingerprint density at radius 1 is 1.04 bits per heavy atom. The van der Waals surface area contributed by atoms with E-state index in [-0.39, 0.29) is 12.5 Å². The van der Waals surface area contributed by atoms with Gasteiger partial charge < -0.3 is 9.64 Å². The molecule has 0 bridgehead atoms. The number of hydrogen-bond donors (Lipinski definition) is 1. The molecule has 1 N–H and O–H groups in total. The van der Waals surface area contributed by atoms with Gasteiger partial charge in [-0.2, -0.15) is 5.10 Å². The number of carbonyl (C=O) groups is 1. The summed E-state index contributed by atoms with van der Waals surface area (Å²) in [7, 11) is 3.97. The molecule has 0 heterocycles. The van der Waals surface area contributed by atoms with Gasteiger partial charge in [-0.05, 0) is 29.1 Å². The van der Waals surface area contributed by atoms with Crippen LogP contribution >= 0.6 is 0 Å². The molecule has 0 fully saturated rings. The van der Waals surface area contributed by atoms with Crippen LogP contribution < -0.4 is 15.1 Å². The lowest BCUT2D eigenvalue weighted by molar-refractivity contribution is -0.123. The molecule has 3 aromatic carbocycles. The maximum atomic E-state index is 11.9. The number of rotatable bonds is 6. The number of carbonyl (C=O) groups excluding carboxylic acids is 1. The van der Waals surface area contributed by atoms with Crippen molar-refractivity contribution in [2.45, 2.75) is 0 Å². The monoisotopic (exact) mass is 347 g/mol. The predicted molar refractivity (Wildman–Crippen MR) is 106 cm³/mol. The first kappa shape index (κ1) is 17.5.